The lowest BCUT2D eigenvalue weighted by molar-refractivity contribution is 0.200. The summed E-state index contributed by atoms with van der Waals surface area (Å²) in [6.07, 6.45) is 4.02. The molecule has 0 heterocycles. The SMILES string of the molecule is O=S(C1=CCCC[C@H]1O)c1ccccc1. The molecule has 1 aliphatic rings. The average Bonchev–Trinajstić information content (AvgIpc) is 2.30. The van der Waals surface area contributed by atoms with Crippen LogP contribution in [0.25, 0.3) is 0 Å². The largest absolute Gasteiger partial charge is 0.388 e. The van der Waals surface area contributed by atoms with Crippen LogP contribution in [0.2, 0.25) is 0 Å². The Morgan fingerprint density at radius 1 is 1.27 bits per heavy atom. The number of aliphatic hydroxyl groups excluding tert-OH is 1. The Labute approximate surface area is 92.1 Å². The van der Waals surface area contributed by atoms with Crippen molar-refractivity contribution >= 4 is 10.8 Å². The summed E-state index contributed by atoms with van der Waals surface area (Å²) in [5.41, 5.74) is 0. The molecule has 1 unspecified atom stereocenters. The van der Waals surface area contributed by atoms with Gasteiger partial charge in [-0.05, 0) is 31.4 Å². The second-order valence-corrected chi connectivity index (χ2v) is 5.12. The quantitative estimate of drug-likeness (QED) is 0.833. The zero-order valence-electron chi connectivity index (χ0n) is 8.43. The van der Waals surface area contributed by atoms with Gasteiger partial charge in [-0.15, -0.1) is 0 Å². The van der Waals surface area contributed by atoms with E-state index in [4.69, 9.17) is 0 Å². The molecule has 0 saturated carbocycles. The third-order valence-corrected chi connectivity index (χ3v) is 4.09. The molecule has 0 saturated heterocycles. The Morgan fingerprint density at radius 3 is 2.67 bits per heavy atom. The molecule has 3 heteroatoms. The Hall–Kier alpha value is -0.930. The molecule has 1 aliphatic carbocycles. The summed E-state index contributed by atoms with van der Waals surface area (Å²) in [5.74, 6) is 0. The molecule has 80 valence electrons. The van der Waals surface area contributed by atoms with Crippen molar-refractivity contribution in [3.05, 3.63) is 41.3 Å². The molecule has 2 rings (SSSR count). The average molecular weight is 222 g/mol. The smallest absolute Gasteiger partial charge is 0.0874 e. The van der Waals surface area contributed by atoms with Gasteiger partial charge in [0.1, 0.15) is 0 Å². The summed E-state index contributed by atoms with van der Waals surface area (Å²) < 4.78 is 12.1. The van der Waals surface area contributed by atoms with Crippen LogP contribution in [0.15, 0.2) is 46.2 Å². The van der Waals surface area contributed by atoms with E-state index >= 15 is 0 Å². The third kappa shape index (κ3) is 2.36. The molecule has 0 fully saturated rings. The summed E-state index contributed by atoms with van der Waals surface area (Å²) in [6, 6.07) is 9.29. The number of aliphatic hydroxyl groups is 1. The van der Waals surface area contributed by atoms with Crippen molar-refractivity contribution in [2.45, 2.75) is 30.3 Å². The Morgan fingerprint density at radius 2 is 2.00 bits per heavy atom. The molecule has 0 spiro atoms. The molecular weight excluding hydrogens is 208 g/mol. The summed E-state index contributed by atoms with van der Waals surface area (Å²) >= 11 is 0. The molecule has 1 N–H and O–H groups in total. The van der Waals surface area contributed by atoms with Gasteiger partial charge in [-0.3, -0.25) is 0 Å². The summed E-state index contributed by atoms with van der Waals surface area (Å²) in [7, 11) is -1.19. The maximum absolute atomic E-state index is 12.1. The van der Waals surface area contributed by atoms with Crippen LogP contribution in [0.5, 0.6) is 0 Å². The van der Waals surface area contributed by atoms with Crippen LogP contribution in [0.1, 0.15) is 19.3 Å². The number of allylic oxidation sites excluding steroid dienone is 1. The van der Waals surface area contributed by atoms with E-state index in [-0.39, 0.29) is 0 Å². The Balaban J connectivity index is 2.25. The highest BCUT2D eigenvalue weighted by Gasteiger charge is 2.20. The van der Waals surface area contributed by atoms with Gasteiger partial charge in [-0.1, -0.05) is 24.3 Å². The van der Waals surface area contributed by atoms with Crippen LogP contribution in [0.4, 0.5) is 0 Å². The van der Waals surface area contributed by atoms with Crippen LogP contribution in [0.3, 0.4) is 0 Å². The molecule has 2 atom stereocenters. The van der Waals surface area contributed by atoms with E-state index < -0.39 is 16.9 Å². The van der Waals surface area contributed by atoms with Gasteiger partial charge in [-0.2, -0.15) is 0 Å². The Kier molecular flexibility index (Phi) is 3.34. The summed E-state index contributed by atoms with van der Waals surface area (Å²) in [5, 5.41) is 9.74. The first kappa shape index (κ1) is 10.6. The normalized spacial score (nSPS) is 23.3. The van der Waals surface area contributed by atoms with Crippen LogP contribution in [-0.2, 0) is 10.8 Å². The highest BCUT2D eigenvalue weighted by Crippen LogP contribution is 2.24. The second kappa shape index (κ2) is 4.73. The van der Waals surface area contributed by atoms with E-state index in [9.17, 15) is 9.32 Å². The lowest BCUT2D eigenvalue weighted by atomic mass is 10.1. The fourth-order valence-electron chi connectivity index (χ4n) is 1.71. The molecule has 0 bridgehead atoms. The fourth-order valence-corrected chi connectivity index (χ4v) is 3.02. The Bertz CT molecular complexity index is 384. The van der Waals surface area contributed by atoms with Gasteiger partial charge in [0.25, 0.3) is 0 Å². The number of rotatable bonds is 2. The molecule has 0 amide bonds. The minimum Gasteiger partial charge on any atom is -0.388 e. The molecule has 0 aliphatic heterocycles. The van der Waals surface area contributed by atoms with E-state index in [2.05, 4.69) is 0 Å². The number of hydrogen-bond donors (Lipinski definition) is 1. The van der Waals surface area contributed by atoms with Crippen LogP contribution in [-0.4, -0.2) is 15.4 Å². The van der Waals surface area contributed by atoms with E-state index in [1.54, 1.807) is 0 Å². The second-order valence-electron chi connectivity index (χ2n) is 3.63. The van der Waals surface area contributed by atoms with Gasteiger partial charge >= 0.3 is 0 Å². The van der Waals surface area contributed by atoms with Gasteiger partial charge < -0.3 is 5.11 Å². The van der Waals surface area contributed by atoms with Gasteiger partial charge in [0.15, 0.2) is 0 Å². The van der Waals surface area contributed by atoms with Crippen LogP contribution >= 0.6 is 0 Å². The van der Waals surface area contributed by atoms with Crippen molar-refractivity contribution in [2.75, 3.05) is 0 Å². The first-order valence-electron chi connectivity index (χ1n) is 5.14. The van der Waals surface area contributed by atoms with Crippen molar-refractivity contribution < 1.29 is 9.32 Å². The lowest BCUT2D eigenvalue weighted by Gasteiger charge is -2.18. The van der Waals surface area contributed by atoms with Crippen molar-refractivity contribution in [3.63, 3.8) is 0 Å². The predicted octanol–water partition coefficient (Wildman–Crippen LogP) is 2.22. The van der Waals surface area contributed by atoms with Gasteiger partial charge in [0.2, 0.25) is 0 Å². The minimum atomic E-state index is -1.19. The maximum atomic E-state index is 12.1. The molecule has 0 radical (unpaired) electrons. The molecule has 2 nitrogen and oxygen atoms in total. The molecule has 1 aromatic carbocycles. The first-order valence-corrected chi connectivity index (χ1v) is 6.29. The highest BCUT2D eigenvalue weighted by molar-refractivity contribution is 7.89. The predicted molar refractivity (Wildman–Crippen MR) is 60.8 cm³/mol. The summed E-state index contributed by atoms with van der Waals surface area (Å²) in [6.45, 7) is 0. The van der Waals surface area contributed by atoms with E-state index in [1.807, 2.05) is 36.4 Å². The maximum Gasteiger partial charge on any atom is 0.0874 e. The van der Waals surface area contributed by atoms with E-state index in [1.165, 1.54) is 0 Å². The first-order chi connectivity index (χ1) is 7.29. The number of benzene rings is 1. The fraction of sp³-hybridized carbons (Fsp3) is 0.333. The molecule has 0 aromatic heterocycles. The standard InChI is InChI=1S/C12H14O2S/c13-11-8-4-5-9-12(11)15(14)10-6-2-1-3-7-10/h1-3,6-7,9,11,13H,4-5,8H2/t11-,15?/m1/s1. The minimum absolute atomic E-state index is 0.528. The zero-order valence-corrected chi connectivity index (χ0v) is 9.24. The van der Waals surface area contributed by atoms with Gasteiger partial charge in [-0.25, -0.2) is 4.21 Å². The van der Waals surface area contributed by atoms with Crippen LogP contribution < -0.4 is 0 Å². The van der Waals surface area contributed by atoms with Crippen molar-refractivity contribution in [3.8, 4) is 0 Å². The lowest BCUT2D eigenvalue weighted by Crippen LogP contribution is -2.17. The molecular formula is C12H14O2S. The van der Waals surface area contributed by atoms with Gasteiger partial charge in [0.05, 0.1) is 16.9 Å². The van der Waals surface area contributed by atoms with E-state index in [0.717, 1.165) is 24.2 Å². The van der Waals surface area contributed by atoms with Crippen LogP contribution in [0, 0.1) is 0 Å². The van der Waals surface area contributed by atoms with Crippen molar-refractivity contribution in [1.82, 2.24) is 0 Å². The van der Waals surface area contributed by atoms with Gasteiger partial charge in [0, 0.05) is 9.80 Å². The highest BCUT2D eigenvalue weighted by atomic mass is 32.2. The van der Waals surface area contributed by atoms with E-state index in [0.29, 0.717) is 4.91 Å². The monoisotopic (exact) mass is 222 g/mol. The van der Waals surface area contributed by atoms with Crippen molar-refractivity contribution in [1.29, 1.82) is 0 Å². The third-order valence-electron chi connectivity index (χ3n) is 2.53. The summed E-state index contributed by atoms with van der Waals surface area (Å²) in [4.78, 5) is 1.44. The van der Waals surface area contributed by atoms with Crippen molar-refractivity contribution in [2.24, 2.45) is 0 Å². The molecule has 15 heavy (non-hydrogen) atoms. The zero-order chi connectivity index (χ0) is 10.7. The molecule has 1 aromatic rings. The topological polar surface area (TPSA) is 37.3 Å². The number of hydrogen-bond acceptors (Lipinski definition) is 2.